The van der Waals surface area contributed by atoms with E-state index in [9.17, 15) is 17.2 Å². The minimum atomic E-state index is -4.02. The first-order chi connectivity index (χ1) is 10.1. The van der Waals surface area contributed by atoms with Crippen LogP contribution in [0.15, 0.2) is 29.2 Å². The maximum atomic E-state index is 12.0. The first-order valence-corrected chi connectivity index (χ1v) is 7.96. The summed E-state index contributed by atoms with van der Waals surface area (Å²) in [5.74, 6) is -1.14. The third-order valence-electron chi connectivity index (χ3n) is 3.21. The molecule has 6 nitrogen and oxygen atoms in total. The summed E-state index contributed by atoms with van der Waals surface area (Å²) in [6.45, 7) is 2.09. The van der Waals surface area contributed by atoms with E-state index < -0.39 is 34.7 Å². The van der Waals surface area contributed by atoms with Crippen LogP contribution in [0.5, 0.6) is 0 Å². The number of benzene rings is 1. The van der Waals surface area contributed by atoms with Crippen molar-refractivity contribution in [1.82, 2.24) is 5.32 Å². The highest BCUT2D eigenvalue weighted by Gasteiger charge is 2.36. The fourth-order valence-electron chi connectivity index (χ4n) is 1.87. The van der Waals surface area contributed by atoms with Crippen LogP contribution in [-0.2, 0) is 10.1 Å². The van der Waals surface area contributed by atoms with E-state index in [0.717, 1.165) is 5.56 Å². The first-order valence-electron chi connectivity index (χ1n) is 6.52. The zero-order valence-electron chi connectivity index (χ0n) is 11.9. The van der Waals surface area contributed by atoms with E-state index in [1.807, 2.05) is 6.92 Å². The summed E-state index contributed by atoms with van der Waals surface area (Å²) in [6.07, 6.45) is -4.94. The van der Waals surface area contributed by atoms with Crippen LogP contribution in [0.1, 0.15) is 5.56 Å². The summed E-state index contributed by atoms with van der Waals surface area (Å²) >= 11 is 0. The normalized spacial score (nSPS) is 25.5. The average Bonchev–Trinajstić information content (AvgIpc) is 2.41. The van der Waals surface area contributed by atoms with Crippen molar-refractivity contribution in [2.24, 2.45) is 5.92 Å². The van der Waals surface area contributed by atoms with Crippen LogP contribution < -0.4 is 5.32 Å². The molecule has 1 saturated heterocycles. The van der Waals surface area contributed by atoms with Crippen LogP contribution in [0.25, 0.3) is 0 Å². The SMILES string of the molecule is Cc1ccc(S(=O)(=O)O)cc1.OC1CNCC(C(F)F)C1O. The number of piperidine rings is 1. The van der Waals surface area contributed by atoms with Gasteiger partial charge in [-0.2, -0.15) is 8.42 Å². The molecule has 0 aromatic heterocycles. The van der Waals surface area contributed by atoms with Crippen molar-refractivity contribution >= 4 is 10.1 Å². The molecular weight excluding hydrogens is 320 g/mol. The van der Waals surface area contributed by atoms with Gasteiger partial charge in [-0.3, -0.25) is 4.55 Å². The van der Waals surface area contributed by atoms with Gasteiger partial charge in [0.25, 0.3) is 10.1 Å². The van der Waals surface area contributed by atoms with Crippen LogP contribution >= 0.6 is 0 Å². The second-order valence-corrected chi connectivity index (χ2v) is 6.42. The Labute approximate surface area is 127 Å². The fourth-order valence-corrected chi connectivity index (χ4v) is 2.35. The number of aryl methyl sites for hydroxylation is 1. The van der Waals surface area contributed by atoms with Crippen molar-refractivity contribution in [3.63, 3.8) is 0 Å². The number of aliphatic hydroxyl groups is 2. The lowest BCUT2D eigenvalue weighted by atomic mass is 9.94. The highest BCUT2D eigenvalue weighted by atomic mass is 32.2. The molecule has 1 aromatic carbocycles. The van der Waals surface area contributed by atoms with Crippen LogP contribution in [-0.4, -0.2) is 54.9 Å². The van der Waals surface area contributed by atoms with Gasteiger partial charge in [0.1, 0.15) is 0 Å². The van der Waals surface area contributed by atoms with Crippen molar-refractivity contribution < 1.29 is 32.0 Å². The summed E-state index contributed by atoms with van der Waals surface area (Å²) in [4.78, 5) is -0.0666. The summed E-state index contributed by atoms with van der Waals surface area (Å²) in [5, 5.41) is 20.6. The van der Waals surface area contributed by atoms with Crippen LogP contribution in [0, 0.1) is 12.8 Å². The third-order valence-corrected chi connectivity index (χ3v) is 4.08. The van der Waals surface area contributed by atoms with Crippen molar-refractivity contribution in [3.05, 3.63) is 29.8 Å². The van der Waals surface area contributed by atoms with Gasteiger partial charge in [0.15, 0.2) is 0 Å². The number of rotatable bonds is 2. The number of aliphatic hydroxyl groups excluding tert-OH is 2. The van der Waals surface area contributed by atoms with Gasteiger partial charge < -0.3 is 15.5 Å². The Balaban J connectivity index is 0.000000220. The quantitative estimate of drug-likeness (QED) is 0.582. The molecule has 2 rings (SSSR count). The molecule has 1 fully saturated rings. The van der Waals surface area contributed by atoms with Crippen molar-refractivity contribution in [1.29, 1.82) is 0 Å². The predicted molar refractivity (Wildman–Crippen MR) is 75.4 cm³/mol. The molecule has 3 atom stereocenters. The standard InChI is InChI=1S/C7H8O3S.C6H11F2NO2/c1-6-2-4-7(5-3-6)11(8,9)10;7-6(8)3-1-9-2-4(10)5(3)11/h2-5H,1H3,(H,8,9,10);3-6,9-11H,1-2H2. The van der Waals surface area contributed by atoms with Gasteiger partial charge in [0.2, 0.25) is 6.43 Å². The molecule has 126 valence electrons. The molecule has 3 unspecified atom stereocenters. The van der Waals surface area contributed by atoms with Crippen molar-refractivity contribution in [3.8, 4) is 0 Å². The van der Waals surface area contributed by atoms with Crippen molar-refractivity contribution in [2.75, 3.05) is 13.1 Å². The molecule has 22 heavy (non-hydrogen) atoms. The Hall–Kier alpha value is -1.13. The summed E-state index contributed by atoms with van der Waals surface area (Å²) < 4.78 is 53.6. The van der Waals surface area contributed by atoms with Crippen LogP contribution in [0.2, 0.25) is 0 Å². The molecular formula is C13H19F2NO5S. The number of alkyl halides is 2. The van der Waals surface area contributed by atoms with Gasteiger partial charge >= 0.3 is 0 Å². The van der Waals surface area contributed by atoms with E-state index in [0.29, 0.717) is 0 Å². The first kappa shape index (κ1) is 18.9. The van der Waals surface area contributed by atoms with Gasteiger partial charge in [-0.1, -0.05) is 17.7 Å². The Morgan fingerprint density at radius 3 is 2.14 bits per heavy atom. The van der Waals surface area contributed by atoms with Gasteiger partial charge in [0.05, 0.1) is 23.0 Å². The topological polar surface area (TPSA) is 107 Å². The third kappa shape index (κ3) is 5.58. The number of halogens is 2. The Morgan fingerprint density at radius 1 is 1.18 bits per heavy atom. The van der Waals surface area contributed by atoms with Gasteiger partial charge in [-0.15, -0.1) is 0 Å². The lowest BCUT2D eigenvalue weighted by Gasteiger charge is -2.31. The molecule has 9 heteroatoms. The smallest absolute Gasteiger partial charge is 0.294 e. The largest absolute Gasteiger partial charge is 0.390 e. The number of nitrogens with one attached hydrogen (secondary N) is 1. The second kappa shape index (κ2) is 7.93. The number of hydrogen-bond acceptors (Lipinski definition) is 5. The van der Waals surface area contributed by atoms with E-state index in [4.69, 9.17) is 14.8 Å². The zero-order valence-corrected chi connectivity index (χ0v) is 12.7. The monoisotopic (exact) mass is 339 g/mol. The fraction of sp³-hybridized carbons (Fsp3) is 0.538. The highest BCUT2D eigenvalue weighted by Crippen LogP contribution is 2.18. The molecule has 0 radical (unpaired) electrons. The molecule has 4 N–H and O–H groups in total. The van der Waals surface area contributed by atoms with Crippen LogP contribution in [0.3, 0.4) is 0 Å². The van der Waals surface area contributed by atoms with Gasteiger partial charge in [-0.25, -0.2) is 8.78 Å². The molecule has 0 amide bonds. The Kier molecular flexibility index (Phi) is 6.82. The predicted octanol–water partition coefficient (Wildman–Crippen LogP) is 0.434. The summed E-state index contributed by atoms with van der Waals surface area (Å²) in [5.41, 5.74) is 0.956. The van der Waals surface area contributed by atoms with Gasteiger partial charge in [0, 0.05) is 13.1 Å². The number of β-amino-alcohol motifs (C(OH)–C–C–N with tert-alkyl or cyclic N) is 1. The maximum Gasteiger partial charge on any atom is 0.294 e. The lowest BCUT2D eigenvalue weighted by molar-refractivity contribution is -0.0841. The molecule has 1 aliphatic rings. The lowest BCUT2D eigenvalue weighted by Crippen LogP contribution is -2.52. The van der Waals surface area contributed by atoms with Gasteiger partial charge in [-0.05, 0) is 19.1 Å². The van der Waals surface area contributed by atoms with E-state index in [1.54, 1.807) is 12.1 Å². The molecule has 1 heterocycles. The second-order valence-electron chi connectivity index (χ2n) is 5.00. The Bertz CT molecular complexity index is 564. The average molecular weight is 339 g/mol. The van der Waals surface area contributed by atoms with E-state index in [2.05, 4.69) is 5.32 Å². The van der Waals surface area contributed by atoms with E-state index in [-0.39, 0.29) is 18.0 Å². The number of hydrogen-bond donors (Lipinski definition) is 4. The minimum absolute atomic E-state index is 0.0654. The molecule has 0 saturated carbocycles. The highest BCUT2D eigenvalue weighted by molar-refractivity contribution is 7.85. The molecule has 0 bridgehead atoms. The van der Waals surface area contributed by atoms with E-state index >= 15 is 0 Å². The molecule has 0 aliphatic carbocycles. The molecule has 1 aliphatic heterocycles. The molecule has 0 spiro atoms. The van der Waals surface area contributed by atoms with Crippen molar-refractivity contribution in [2.45, 2.75) is 30.5 Å². The Morgan fingerprint density at radius 2 is 1.73 bits per heavy atom. The van der Waals surface area contributed by atoms with E-state index in [1.165, 1.54) is 12.1 Å². The zero-order chi connectivity index (χ0) is 16.9. The molecule has 1 aromatic rings. The minimum Gasteiger partial charge on any atom is -0.390 e. The maximum absolute atomic E-state index is 12.0. The summed E-state index contributed by atoms with van der Waals surface area (Å²) in [6, 6.07) is 5.99. The van der Waals surface area contributed by atoms with Crippen LogP contribution in [0.4, 0.5) is 8.78 Å². The summed E-state index contributed by atoms with van der Waals surface area (Å²) in [7, 11) is -4.02.